The van der Waals surface area contributed by atoms with Gasteiger partial charge in [0.25, 0.3) is 5.69 Å². The average molecular weight is 385 g/mol. The van der Waals surface area contributed by atoms with Gasteiger partial charge in [0.15, 0.2) is 0 Å². The molecule has 1 aliphatic carbocycles. The van der Waals surface area contributed by atoms with Crippen LogP contribution in [-0.2, 0) is 10.2 Å². The van der Waals surface area contributed by atoms with E-state index < -0.39 is 4.92 Å². The fourth-order valence-electron chi connectivity index (χ4n) is 3.79. The molecule has 1 amide bonds. The Kier molecular flexibility index (Phi) is 4.91. The summed E-state index contributed by atoms with van der Waals surface area (Å²) >= 11 is 0. The summed E-state index contributed by atoms with van der Waals surface area (Å²) in [4.78, 5) is 23.0. The number of hydrogen-bond donors (Lipinski definition) is 1. The average Bonchev–Trinajstić information content (AvgIpc) is 3.52. The summed E-state index contributed by atoms with van der Waals surface area (Å²) in [6.07, 6.45) is 2.20. The van der Waals surface area contributed by atoms with E-state index in [-0.39, 0.29) is 22.9 Å². The Balaban J connectivity index is 1.49. The van der Waals surface area contributed by atoms with Gasteiger partial charge in [-0.1, -0.05) is 60.7 Å². The van der Waals surface area contributed by atoms with Crippen LogP contribution in [0.15, 0.2) is 90.0 Å². The molecule has 0 aliphatic heterocycles. The summed E-state index contributed by atoms with van der Waals surface area (Å²) in [5.41, 5.74) is 5.20. The largest absolute Gasteiger partial charge is 0.273 e. The van der Waals surface area contributed by atoms with Gasteiger partial charge in [0.2, 0.25) is 5.91 Å². The van der Waals surface area contributed by atoms with Crippen LogP contribution in [0.4, 0.5) is 5.69 Å². The quantitative estimate of drug-likeness (QED) is 0.395. The maximum absolute atomic E-state index is 12.8. The van der Waals surface area contributed by atoms with Crippen molar-refractivity contribution in [3.63, 3.8) is 0 Å². The van der Waals surface area contributed by atoms with Gasteiger partial charge in [-0.05, 0) is 35.2 Å². The summed E-state index contributed by atoms with van der Waals surface area (Å²) in [5.74, 6) is -0.350. The number of nitrogens with zero attached hydrogens (tertiary/aromatic N) is 2. The first-order valence-electron chi connectivity index (χ1n) is 9.30. The SMILES string of the molecule is O=C(NN=Cc1ccc([N+](=O)[O-])cc1)C1CC1(c1ccccc1)c1ccccc1. The molecule has 1 saturated carbocycles. The van der Waals surface area contributed by atoms with Crippen molar-refractivity contribution in [2.24, 2.45) is 11.0 Å². The molecule has 1 unspecified atom stereocenters. The molecule has 29 heavy (non-hydrogen) atoms. The minimum Gasteiger partial charge on any atom is -0.273 e. The number of nitrogens with one attached hydrogen (secondary N) is 1. The van der Waals surface area contributed by atoms with E-state index in [1.54, 1.807) is 12.1 Å². The zero-order chi connectivity index (χ0) is 20.3. The highest BCUT2D eigenvalue weighted by Crippen LogP contribution is 2.58. The van der Waals surface area contributed by atoms with Crippen LogP contribution in [0.2, 0.25) is 0 Å². The second-order valence-corrected chi connectivity index (χ2v) is 7.04. The van der Waals surface area contributed by atoms with Crippen molar-refractivity contribution < 1.29 is 9.72 Å². The van der Waals surface area contributed by atoms with Gasteiger partial charge in [0.1, 0.15) is 0 Å². The number of carbonyl (C=O) groups is 1. The van der Waals surface area contributed by atoms with Crippen LogP contribution in [0.1, 0.15) is 23.1 Å². The first-order valence-corrected chi connectivity index (χ1v) is 9.30. The molecular formula is C23H19N3O3. The van der Waals surface area contributed by atoms with Crippen molar-refractivity contribution in [1.29, 1.82) is 0 Å². The molecule has 0 spiro atoms. The second-order valence-electron chi connectivity index (χ2n) is 7.04. The maximum Gasteiger partial charge on any atom is 0.269 e. The summed E-state index contributed by atoms with van der Waals surface area (Å²) in [6, 6.07) is 26.1. The molecule has 1 N–H and O–H groups in total. The molecule has 6 heteroatoms. The third-order valence-corrected chi connectivity index (χ3v) is 5.35. The summed E-state index contributed by atoms with van der Waals surface area (Å²) in [5, 5.41) is 14.7. The van der Waals surface area contributed by atoms with E-state index in [0.29, 0.717) is 5.56 Å². The van der Waals surface area contributed by atoms with Crippen molar-refractivity contribution >= 4 is 17.8 Å². The number of benzene rings is 3. The molecule has 4 rings (SSSR count). The molecule has 3 aromatic rings. The number of nitro groups is 1. The van der Waals surface area contributed by atoms with Crippen molar-refractivity contribution in [1.82, 2.24) is 5.43 Å². The maximum atomic E-state index is 12.8. The number of rotatable bonds is 6. The Bertz CT molecular complexity index is 1010. The number of hydrogen-bond acceptors (Lipinski definition) is 4. The van der Waals surface area contributed by atoms with E-state index in [1.165, 1.54) is 18.3 Å². The lowest BCUT2D eigenvalue weighted by Crippen LogP contribution is -2.25. The number of amides is 1. The molecule has 0 radical (unpaired) electrons. The summed E-state index contributed by atoms with van der Waals surface area (Å²) in [7, 11) is 0. The van der Waals surface area contributed by atoms with Crippen molar-refractivity contribution in [3.05, 3.63) is 112 Å². The van der Waals surface area contributed by atoms with Gasteiger partial charge in [-0.15, -0.1) is 0 Å². The van der Waals surface area contributed by atoms with Gasteiger partial charge in [0.05, 0.1) is 17.1 Å². The summed E-state index contributed by atoms with van der Waals surface area (Å²) < 4.78 is 0. The van der Waals surface area contributed by atoms with Crippen LogP contribution < -0.4 is 5.43 Å². The first kappa shape index (κ1) is 18.6. The molecular weight excluding hydrogens is 366 g/mol. The Labute approximate surface area is 168 Å². The van der Waals surface area contributed by atoms with Gasteiger partial charge in [-0.25, -0.2) is 5.43 Å². The lowest BCUT2D eigenvalue weighted by atomic mass is 9.85. The molecule has 0 bridgehead atoms. The van der Waals surface area contributed by atoms with Crippen LogP contribution in [0.3, 0.4) is 0 Å². The van der Waals surface area contributed by atoms with Crippen LogP contribution in [0, 0.1) is 16.0 Å². The smallest absolute Gasteiger partial charge is 0.269 e. The lowest BCUT2D eigenvalue weighted by molar-refractivity contribution is -0.384. The highest BCUT2D eigenvalue weighted by Gasteiger charge is 2.60. The molecule has 1 atom stereocenters. The highest BCUT2D eigenvalue weighted by atomic mass is 16.6. The first-order chi connectivity index (χ1) is 14.1. The molecule has 144 valence electrons. The Morgan fingerprint density at radius 2 is 1.52 bits per heavy atom. The predicted molar refractivity (Wildman–Crippen MR) is 111 cm³/mol. The predicted octanol–water partition coefficient (Wildman–Crippen LogP) is 4.05. The van der Waals surface area contributed by atoms with Gasteiger partial charge in [-0.2, -0.15) is 5.10 Å². The third-order valence-electron chi connectivity index (χ3n) is 5.35. The monoisotopic (exact) mass is 385 g/mol. The number of non-ortho nitro benzene ring substituents is 1. The Hall–Kier alpha value is -3.80. The molecule has 1 fully saturated rings. The molecule has 0 saturated heterocycles. The highest BCUT2D eigenvalue weighted by molar-refractivity contribution is 5.87. The van der Waals surface area contributed by atoms with Crippen molar-refractivity contribution in [2.75, 3.05) is 0 Å². The fraction of sp³-hybridized carbons (Fsp3) is 0.130. The van der Waals surface area contributed by atoms with E-state index in [9.17, 15) is 14.9 Å². The standard InChI is InChI=1S/C23H19N3O3/c27-22(25-24-16-17-11-13-20(14-12-17)26(28)29)21-15-23(21,18-7-3-1-4-8-18)19-9-5-2-6-10-19/h1-14,16,21H,15H2,(H,25,27). The van der Waals surface area contributed by atoms with Crippen molar-refractivity contribution in [3.8, 4) is 0 Å². The zero-order valence-corrected chi connectivity index (χ0v) is 15.6. The van der Waals surface area contributed by atoms with Crippen LogP contribution in [-0.4, -0.2) is 17.0 Å². The normalized spacial score (nSPS) is 17.0. The Morgan fingerprint density at radius 3 is 2.03 bits per heavy atom. The van der Waals surface area contributed by atoms with Gasteiger partial charge < -0.3 is 0 Å². The summed E-state index contributed by atoms with van der Waals surface area (Å²) in [6.45, 7) is 0. The second kappa shape index (κ2) is 7.67. The lowest BCUT2D eigenvalue weighted by Gasteiger charge is -2.18. The van der Waals surface area contributed by atoms with E-state index in [4.69, 9.17) is 0 Å². The topological polar surface area (TPSA) is 84.6 Å². The van der Waals surface area contributed by atoms with Gasteiger partial charge >= 0.3 is 0 Å². The Morgan fingerprint density at radius 1 is 0.966 bits per heavy atom. The van der Waals surface area contributed by atoms with E-state index in [2.05, 4.69) is 34.8 Å². The fourth-order valence-corrected chi connectivity index (χ4v) is 3.79. The van der Waals surface area contributed by atoms with Gasteiger partial charge in [-0.3, -0.25) is 14.9 Å². The van der Waals surface area contributed by atoms with E-state index in [0.717, 1.165) is 17.5 Å². The van der Waals surface area contributed by atoms with E-state index >= 15 is 0 Å². The molecule has 3 aromatic carbocycles. The molecule has 0 heterocycles. The minimum atomic E-state index is -0.456. The molecule has 1 aliphatic rings. The third kappa shape index (κ3) is 3.65. The number of carbonyl (C=O) groups excluding carboxylic acids is 1. The number of hydrazone groups is 1. The van der Waals surface area contributed by atoms with Crippen LogP contribution in [0.25, 0.3) is 0 Å². The van der Waals surface area contributed by atoms with Crippen LogP contribution in [0.5, 0.6) is 0 Å². The molecule has 6 nitrogen and oxygen atoms in total. The zero-order valence-electron chi connectivity index (χ0n) is 15.6. The molecule has 0 aromatic heterocycles. The van der Waals surface area contributed by atoms with Crippen LogP contribution >= 0.6 is 0 Å². The van der Waals surface area contributed by atoms with E-state index in [1.807, 2.05) is 36.4 Å². The van der Waals surface area contributed by atoms with Crippen molar-refractivity contribution in [2.45, 2.75) is 11.8 Å². The minimum absolute atomic E-state index is 0.0136. The number of nitro benzene ring substituents is 1. The van der Waals surface area contributed by atoms with Gasteiger partial charge in [0, 0.05) is 17.5 Å².